The summed E-state index contributed by atoms with van der Waals surface area (Å²) >= 11 is 1.39. The zero-order chi connectivity index (χ0) is 16.3. The minimum atomic E-state index is -0.512. The highest BCUT2D eigenvalue weighted by atomic mass is 32.1. The number of carbonyl (C=O) groups is 1. The molecule has 0 bridgehead atoms. The van der Waals surface area contributed by atoms with Crippen LogP contribution in [0.25, 0.3) is 10.6 Å². The van der Waals surface area contributed by atoms with Gasteiger partial charge in [0.2, 0.25) is 5.91 Å². The maximum absolute atomic E-state index is 13.9. The molecule has 0 aliphatic heterocycles. The zero-order valence-electron chi connectivity index (χ0n) is 12.9. The van der Waals surface area contributed by atoms with Gasteiger partial charge in [-0.15, -0.1) is 11.3 Å². The second kappa shape index (κ2) is 6.98. The number of amides is 1. The van der Waals surface area contributed by atoms with Gasteiger partial charge in [0.15, 0.2) is 0 Å². The van der Waals surface area contributed by atoms with E-state index in [4.69, 9.17) is 5.73 Å². The van der Waals surface area contributed by atoms with Crippen molar-refractivity contribution in [3.63, 3.8) is 0 Å². The normalized spacial score (nSPS) is 13.7. The summed E-state index contributed by atoms with van der Waals surface area (Å²) in [6.45, 7) is 5.60. The zero-order valence-corrected chi connectivity index (χ0v) is 13.7. The number of nitrogens with zero attached hydrogens (tertiary/aromatic N) is 1. The van der Waals surface area contributed by atoms with Crippen LogP contribution < -0.4 is 11.1 Å². The lowest BCUT2D eigenvalue weighted by atomic mass is 10.2. The largest absolute Gasteiger partial charge is 0.347 e. The quantitative estimate of drug-likeness (QED) is 0.889. The van der Waals surface area contributed by atoms with Gasteiger partial charge in [0.25, 0.3) is 0 Å². The first-order chi connectivity index (χ1) is 10.4. The van der Waals surface area contributed by atoms with Gasteiger partial charge in [-0.05, 0) is 32.4 Å². The lowest BCUT2D eigenvalue weighted by Crippen LogP contribution is -2.41. The van der Waals surface area contributed by atoms with Crippen molar-refractivity contribution >= 4 is 17.2 Å². The van der Waals surface area contributed by atoms with E-state index in [-0.39, 0.29) is 17.8 Å². The minimum Gasteiger partial charge on any atom is -0.347 e. The number of rotatable bonds is 5. The van der Waals surface area contributed by atoms with Gasteiger partial charge in [-0.3, -0.25) is 4.79 Å². The van der Waals surface area contributed by atoms with Crippen LogP contribution in [0.15, 0.2) is 24.3 Å². The highest BCUT2D eigenvalue weighted by Crippen LogP contribution is 2.32. The Hall–Kier alpha value is -1.79. The van der Waals surface area contributed by atoms with E-state index in [0.29, 0.717) is 17.0 Å². The Morgan fingerprint density at radius 3 is 2.77 bits per heavy atom. The van der Waals surface area contributed by atoms with Gasteiger partial charge < -0.3 is 11.1 Å². The second-order valence-electron chi connectivity index (χ2n) is 5.19. The van der Waals surface area contributed by atoms with E-state index >= 15 is 0 Å². The lowest BCUT2D eigenvalue weighted by molar-refractivity contribution is -0.123. The highest BCUT2D eigenvalue weighted by molar-refractivity contribution is 7.15. The summed E-state index contributed by atoms with van der Waals surface area (Å²) in [6.07, 6.45) is 0.584. The molecule has 1 amide bonds. The molecular formula is C16H20FN3OS. The molecule has 1 aromatic carbocycles. The van der Waals surface area contributed by atoms with Crippen LogP contribution in [0.3, 0.4) is 0 Å². The molecule has 0 spiro atoms. The van der Waals surface area contributed by atoms with Crippen LogP contribution in [-0.4, -0.2) is 16.9 Å². The van der Waals surface area contributed by atoms with Crippen molar-refractivity contribution in [1.29, 1.82) is 0 Å². The van der Waals surface area contributed by atoms with Gasteiger partial charge in [0, 0.05) is 5.56 Å². The number of benzene rings is 1. The number of halogens is 1. The fourth-order valence-corrected chi connectivity index (χ4v) is 3.23. The molecule has 0 aliphatic carbocycles. The maximum atomic E-state index is 13.9. The van der Waals surface area contributed by atoms with Crippen molar-refractivity contribution in [2.45, 2.75) is 39.3 Å². The number of aryl methyl sites for hydroxylation is 1. The minimum absolute atomic E-state index is 0.185. The first-order valence-corrected chi connectivity index (χ1v) is 8.03. The Morgan fingerprint density at radius 2 is 2.14 bits per heavy atom. The predicted octanol–water partition coefficient (Wildman–Crippen LogP) is 3.17. The van der Waals surface area contributed by atoms with E-state index in [0.717, 1.165) is 10.6 Å². The summed E-state index contributed by atoms with van der Waals surface area (Å²) in [5.74, 6) is -0.484. The van der Waals surface area contributed by atoms with Gasteiger partial charge in [0.05, 0.1) is 22.7 Å². The summed E-state index contributed by atoms with van der Waals surface area (Å²) in [5, 5.41) is 3.50. The van der Waals surface area contributed by atoms with Crippen LogP contribution in [0.1, 0.15) is 36.9 Å². The number of thiazole rings is 1. The van der Waals surface area contributed by atoms with E-state index in [1.165, 1.54) is 17.4 Å². The molecular weight excluding hydrogens is 301 g/mol. The summed E-state index contributed by atoms with van der Waals surface area (Å²) < 4.78 is 13.9. The number of carbonyl (C=O) groups excluding carboxylic acids is 1. The monoisotopic (exact) mass is 321 g/mol. The molecule has 1 heterocycles. The molecule has 0 saturated carbocycles. The van der Waals surface area contributed by atoms with Gasteiger partial charge in [0.1, 0.15) is 10.8 Å². The standard InChI is InChI=1S/C16H20FN3OS/c1-4-13(18)15(21)19-9(2)14-10(3)20-16(22-14)11-7-5-6-8-12(11)17/h5-9,13H,4,18H2,1-3H3,(H,19,21)/t9?,13-/m0/s1. The number of nitrogens with one attached hydrogen (secondary N) is 1. The van der Waals surface area contributed by atoms with E-state index in [9.17, 15) is 9.18 Å². The molecule has 1 unspecified atom stereocenters. The fourth-order valence-electron chi connectivity index (χ4n) is 2.13. The molecule has 6 heteroatoms. The number of hydrogen-bond acceptors (Lipinski definition) is 4. The summed E-state index contributed by atoms with van der Waals surface area (Å²) in [4.78, 5) is 17.2. The fraction of sp³-hybridized carbons (Fsp3) is 0.375. The molecule has 0 fully saturated rings. The van der Waals surface area contributed by atoms with Crippen LogP contribution >= 0.6 is 11.3 Å². The smallest absolute Gasteiger partial charge is 0.237 e. The molecule has 2 rings (SSSR count). The van der Waals surface area contributed by atoms with E-state index in [1.54, 1.807) is 18.2 Å². The molecule has 0 saturated heterocycles. The number of hydrogen-bond donors (Lipinski definition) is 2. The summed E-state index contributed by atoms with van der Waals surface area (Å²) in [5.41, 5.74) is 6.99. The van der Waals surface area contributed by atoms with Crippen molar-refractivity contribution in [1.82, 2.24) is 10.3 Å². The van der Waals surface area contributed by atoms with E-state index in [1.807, 2.05) is 20.8 Å². The Balaban J connectivity index is 2.23. The number of nitrogens with two attached hydrogens (primary N) is 1. The van der Waals surface area contributed by atoms with Gasteiger partial charge in [-0.2, -0.15) is 0 Å². The van der Waals surface area contributed by atoms with Crippen molar-refractivity contribution in [3.05, 3.63) is 40.7 Å². The third kappa shape index (κ3) is 3.51. The molecule has 0 radical (unpaired) electrons. The Bertz CT molecular complexity index is 671. The van der Waals surface area contributed by atoms with E-state index in [2.05, 4.69) is 10.3 Å². The molecule has 3 N–H and O–H groups in total. The lowest BCUT2D eigenvalue weighted by Gasteiger charge is -2.15. The molecule has 1 aromatic heterocycles. The maximum Gasteiger partial charge on any atom is 0.237 e. The molecule has 22 heavy (non-hydrogen) atoms. The van der Waals surface area contributed by atoms with Crippen LogP contribution in [0.2, 0.25) is 0 Å². The van der Waals surface area contributed by atoms with Crippen molar-refractivity contribution in [2.75, 3.05) is 0 Å². The number of aromatic nitrogens is 1. The molecule has 118 valence electrons. The third-order valence-electron chi connectivity index (χ3n) is 3.47. The van der Waals surface area contributed by atoms with E-state index < -0.39 is 6.04 Å². The average Bonchev–Trinajstić information content (AvgIpc) is 2.88. The Morgan fingerprint density at radius 1 is 1.45 bits per heavy atom. The van der Waals surface area contributed by atoms with Gasteiger partial charge in [-0.25, -0.2) is 9.37 Å². The van der Waals surface area contributed by atoms with Gasteiger partial charge >= 0.3 is 0 Å². The first-order valence-electron chi connectivity index (χ1n) is 7.22. The SMILES string of the molecule is CC[C@H](N)C(=O)NC(C)c1sc(-c2ccccc2F)nc1C. The molecule has 2 aromatic rings. The highest BCUT2D eigenvalue weighted by Gasteiger charge is 2.20. The van der Waals surface area contributed by atoms with Crippen LogP contribution in [0.4, 0.5) is 4.39 Å². The summed E-state index contributed by atoms with van der Waals surface area (Å²) in [6, 6.07) is 5.82. The third-order valence-corrected chi connectivity index (χ3v) is 4.84. The second-order valence-corrected chi connectivity index (χ2v) is 6.22. The molecule has 2 atom stereocenters. The van der Waals surface area contributed by atoms with Crippen LogP contribution in [0.5, 0.6) is 0 Å². The predicted molar refractivity (Wildman–Crippen MR) is 87.1 cm³/mol. The Labute approximate surface area is 133 Å². The summed E-state index contributed by atoms with van der Waals surface area (Å²) in [7, 11) is 0. The average molecular weight is 321 g/mol. The topological polar surface area (TPSA) is 68.0 Å². The Kier molecular flexibility index (Phi) is 5.26. The first kappa shape index (κ1) is 16.6. The van der Waals surface area contributed by atoms with Crippen LogP contribution in [-0.2, 0) is 4.79 Å². The van der Waals surface area contributed by atoms with Crippen LogP contribution in [0, 0.1) is 12.7 Å². The van der Waals surface area contributed by atoms with Crippen molar-refractivity contribution in [3.8, 4) is 10.6 Å². The van der Waals surface area contributed by atoms with Gasteiger partial charge in [-0.1, -0.05) is 19.1 Å². The van der Waals surface area contributed by atoms with Crippen molar-refractivity contribution < 1.29 is 9.18 Å². The molecule has 0 aliphatic rings. The molecule has 4 nitrogen and oxygen atoms in total. The van der Waals surface area contributed by atoms with Crippen molar-refractivity contribution in [2.24, 2.45) is 5.73 Å².